The molecule has 9 fully saturated rings. The Bertz CT molecular complexity index is 1300. The van der Waals surface area contributed by atoms with Crippen molar-refractivity contribution in [3.05, 3.63) is 18.6 Å². The maximum Gasteiger partial charge on any atom is 2.00 e. The van der Waals surface area contributed by atoms with Gasteiger partial charge in [-0.2, -0.15) is 0 Å². The molecule has 0 radical (unpaired) electrons. The molecule has 0 aromatic carbocycles. The van der Waals surface area contributed by atoms with E-state index >= 15 is 0 Å². The second kappa shape index (κ2) is 18.4. The monoisotopic (exact) mass is 968 g/mol. The summed E-state index contributed by atoms with van der Waals surface area (Å²) in [6.45, 7) is 8.60. The molecule has 8 heteroatoms. The topological polar surface area (TPSA) is 74.6 Å². The molecule has 0 saturated heterocycles. The largest absolute Gasteiger partial charge is 2.00 e. The molecule has 2 N–H and O–H groups in total. The fraction of sp³-hybridized carbons (Fsp3) is 0.889. The first kappa shape index (κ1) is 47.2. The number of aliphatic hydroxyl groups is 2. The van der Waals surface area contributed by atoms with Gasteiger partial charge in [-0.15, -0.1) is 0 Å². The number of ketones is 2. The molecular formula is C45H71BrCuIMgO4. The Labute approximate surface area is 370 Å². The minimum Gasteiger partial charge on any atom is 2.00 e. The third kappa shape index (κ3) is 9.45. The molecule has 9 saturated carbocycles. The summed E-state index contributed by atoms with van der Waals surface area (Å²) in [5.74, 6) is 10.1. The van der Waals surface area contributed by atoms with Crippen LogP contribution in [0.5, 0.6) is 0 Å². The van der Waals surface area contributed by atoms with Gasteiger partial charge < -0.3 is 33.6 Å². The van der Waals surface area contributed by atoms with E-state index in [-0.39, 0.29) is 58.3 Å². The van der Waals surface area contributed by atoms with Crippen LogP contribution in [-0.4, -0.2) is 56.0 Å². The Hall–Kier alpha value is 1.50. The van der Waals surface area contributed by atoms with Gasteiger partial charge in [0.25, 0.3) is 0 Å². The van der Waals surface area contributed by atoms with Crippen molar-refractivity contribution < 1.29 is 49.5 Å². The van der Waals surface area contributed by atoms with Crippen LogP contribution in [0.3, 0.4) is 0 Å². The van der Waals surface area contributed by atoms with E-state index in [0.29, 0.717) is 23.4 Å². The zero-order chi connectivity index (χ0) is 35.6. The van der Waals surface area contributed by atoms with Crippen molar-refractivity contribution in [1.82, 2.24) is 0 Å². The van der Waals surface area contributed by atoms with Crippen molar-refractivity contribution in [1.29, 1.82) is 0 Å². The standard InChI is InChI=1S/C22H34O2.C19H28O2.C3H5.CH4.BrH.Cu.HI.Mg/c1-21(24)9-7-15-14(12-21)5-6-17-16(15)8-10-22(2)19(23)11-18(20(17)22)13-3-4-13;1-18(21)9-7-13-12(11-18)3-4-15-14(13)8-10-19(2)16(15)5-6-17(19)20;1-2-3-1;;;;;/h13-18,20,24H,3-12H2,1-2H3;5-6,12-16,21H,3-4,7-11H2,1-2H3;1H,2-3H2;1H4;1H;;1H;/q;;-1;;;+1;;+2/p-2/t14-,15+,16-,17-,18+,20-,21-,22-;12-,13+,14-,15-,16+,18-,19+;;;;;;/m11....../s1. The number of carbonyl (C=O) groups excluding carboxylic acids is 2. The summed E-state index contributed by atoms with van der Waals surface area (Å²) in [7, 11) is 0. The number of halogens is 2. The van der Waals surface area contributed by atoms with Gasteiger partial charge in [-0.05, 0) is 194 Å². The number of carbonyl (C=O) groups is 2. The van der Waals surface area contributed by atoms with Crippen LogP contribution in [0.15, 0.2) is 12.2 Å². The van der Waals surface area contributed by atoms with Gasteiger partial charge in [0.1, 0.15) is 5.78 Å². The zero-order valence-corrected chi connectivity index (χ0v) is 38.7. The van der Waals surface area contributed by atoms with Crippen LogP contribution in [0.25, 0.3) is 0 Å². The summed E-state index contributed by atoms with van der Waals surface area (Å²) in [6, 6.07) is 0. The summed E-state index contributed by atoms with van der Waals surface area (Å²) < 4.78 is 0. The maximum atomic E-state index is 12.9. The quantitative estimate of drug-likeness (QED) is 0.163. The third-order valence-corrected chi connectivity index (χ3v) is 17.0. The van der Waals surface area contributed by atoms with Gasteiger partial charge in [-0.1, -0.05) is 27.4 Å². The average Bonchev–Trinajstić information content (AvgIpc) is 4.02. The average molecular weight is 971 g/mol. The normalized spacial score (nSPS) is 49.5. The van der Waals surface area contributed by atoms with Gasteiger partial charge in [0.05, 0.1) is 11.2 Å². The first-order valence-electron chi connectivity index (χ1n) is 20.9. The third-order valence-electron chi connectivity index (χ3n) is 17.0. The van der Waals surface area contributed by atoms with E-state index in [1.54, 1.807) is 20.3 Å². The van der Waals surface area contributed by atoms with Gasteiger partial charge >= 0.3 is 56.2 Å². The fourth-order valence-electron chi connectivity index (χ4n) is 14.4. The Kier molecular flexibility index (Phi) is 16.4. The van der Waals surface area contributed by atoms with E-state index < -0.39 is 11.2 Å². The van der Waals surface area contributed by atoms with Crippen molar-refractivity contribution in [2.45, 2.75) is 168 Å². The molecule has 15 atom stereocenters. The molecule has 0 unspecified atom stereocenters. The van der Waals surface area contributed by atoms with E-state index in [4.69, 9.17) is 0 Å². The fourth-order valence-corrected chi connectivity index (χ4v) is 14.4. The molecule has 10 aliphatic carbocycles. The Morgan fingerprint density at radius 3 is 1.60 bits per heavy atom. The molecule has 10 aliphatic rings. The first-order valence-corrected chi connectivity index (χ1v) is 24.0. The van der Waals surface area contributed by atoms with Crippen molar-refractivity contribution >= 4 is 55.0 Å². The van der Waals surface area contributed by atoms with Crippen LogP contribution >= 0.6 is 20.3 Å². The molecule has 10 rings (SSSR count). The van der Waals surface area contributed by atoms with Crippen molar-refractivity contribution in [3.63, 3.8) is 0 Å². The molecule has 4 nitrogen and oxygen atoms in total. The number of fused-ring (bicyclic) bond motifs is 10. The molecule has 0 aliphatic heterocycles. The molecule has 0 aromatic rings. The van der Waals surface area contributed by atoms with Crippen LogP contribution in [-0.2, 0) is 22.4 Å². The zero-order valence-electron chi connectivity index (χ0n) is 32.6. The number of Topliss-reactive ketones (excluding diaryl/α,β-unsaturated/α-hetero) is 1. The molecule has 0 amide bonds. The van der Waals surface area contributed by atoms with Crippen molar-refractivity contribution in [3.8, 4) is 0 Å². The van der Waals surface area contributed by atoms with Crippen LogP contribution in [0, 0.1) is 88.3 Å². The Balaban J connectivity index is 0.000000201. The molecule has 302 valence electrons. The van der Waals surface area contributed by atoms with E-state index in [9.17, 15) is 19.8 Å². The predicted molar refractivity (Wildman–Crippen MR) is 217 cm³/mol. The van der Waals surface area contributed by atoms with Crippen LogP contribution < -0.4 is 17.0 Å². The number of hydrogen-bond donors (Lipinski definition) is 2. The number of allylic oxidation sites excluding steroid dienone is 2. The smallest absolute Gasteiger partial charge is 2.00 e. The van der Waals surface area contributed by atoms with E-state index in [1.165, 1.54) is 77.0 Å². The summed E-state index contributed by atoms with van der Waals surface area (Å²) >= 11 is 5.87. The van der Waals surface area contributed by atoms with E-state index in [2.05, 4.69) is 39.1 Å². The van der Waals surface area contributed by atoms with Crippen molar-refractivity contribution in [2.75, 3.05) is 0 Å². The van der Waals surface area contributed by atoms with Gasteiger partial charge in [-0.25, -0.2) is 12.8 Å². The molecule has 0 spiro atoms. The van der Waals surface area contributed by atoms with Crippen LogP contribution in [0.1, 0.15) is 157 Å². The van der Waals surface area contributed by atoms with Gasteiger partial charge in [0.2, 0.25) is 0 Å². The molecular weight excluding hydrogens is 899 g/mol. The summed E-state index contributed by atoms with van der Waals surface area (Å²) in [4.78, 5) is 25.1. The maximum absolute atomic E-state index is 12.9. The van der Waals surface area contributed by atoms with Crippen LogP contribution in [0.2, 0.25) is 0 Å². The minimum atomic E-state index is -0.430. The predicted octanol–water partition coefficient (Wildman–Crippen LogP) is 7.46. The summed E-state index contributed by atoms with van der Waals surface area (Å²) in [5, 5.41) is 20.9. The van der Waals surface area contributed by atoms with Gasteiger partial charge in [0, 0.05) is 17.3 Å². The van der Waals surface area contributed by atoms with Crippen LogP contribution in [0.4, 0.5) is 0 Å². The summed E-state index contributed by atoms with van der Waals surface area (Å²) in [5.41, 5.74) is -0.924. The second-order valence-corrected chi connectivity index (χ2v) is 20.3. The number of hydrogen-bond acceptors (Lipinski definition) is 4. The molecule has 0 heterocycles. The van der Waals surface area contributed by atoms with Gasteiger partial charge in [-0.3, -0.25) is 9.59 Å². The summed E-state index contributed by atoms with van der Waals surface area (Å²) in [6.07, 6.45) is 29.1. The second-order valence-electron chi connectivity index (χ2n) is 20.3. The SMILES string of the molecule is C.C[C@@]1(O)CC[C@H]2[C@H](CC[C@@H]3[C@@H]2CC[C@]2(C)C(=O)C=C[C@@H]32)C1.C[C@@]1(O)CC[C@H]2[C@H](CC[C@@H]3[C@@H]2CC[C@]2(C)C(=O)C[C@@H](C4CC4)[C@@H]32)C1.[Br-].[CH-]1CC1.[Cu][I].[Mg+2]. The Morgan fingerprint density at radius 2 is 1.09 bits per heavy atom. The molecule has 0 aromatic heterocycles. The number of rotatable bonds is 1. The van der Waals surface area contributed by atoms with Gasteiger partial charge in [0.15, 0.2) is 5.78 Å². The molecule has 0 bridgehead atoms. The van der Waals surface area contributed by atoms with Crippen molar-refractivity contribution in [2.24, 2.45) is 81.8 Å². The first-order chi connectivity index (χ1) is 23.8. The van der Waals surface area contributed by atoms with E-state index in [0.717, 1.165) is 104 Å². The van der Waals surface area contributed by atoms with E-state index in [1.807, 2.05) is 19.9 Å². The molecule has 53 heavy (non-hydrogen) atoms. The minimum absolute atomic E-state index is 0. The Morgan fingerprint density at radius 1 is 0.642 bits per heavy atom.